The number of nitrogens with zero attached hydrogens (tertiary/aromatic N) is 1. The summed E-state index contributed by atoms with van der Waals surface area (Å²) in [7, 11) is -3.88. The number of hydrogen-bond acceptors (Lipinski definition) is 5. The van der Waals surface area contributed by atoms with Crippen LogP contribution in [0.1, 0.15) is 30.1 Å². The molecule has 0 bridgehead atoms. The summed E-state index contributed by atoms with van der Waals surface area (Å²) < 4.78 is 44.8. The van der Waals surface area contributed by atoms with Gasteiger partial charge in [-0.2, -0.15) is 4.31 Å². The maximum absolute atomic E-state index is 13.7. The number of piperidine rings is 1. The standard InChI is InChI=1S/C14H19FN2O4S/c1-2-21-14(18)10-6-11(15)8-13(7-10)22(19,20)17-5-3-4-12(16)9-17/h6-8,12H,2-5,9,16H2,1H3. The SMILES string of the molecule is CCOC(=O)c1cc(F)cc(S(=O)(=O)N2CCCC(N)C2)c1. The van der Waals surface area contributed by atoms with Gasteiger partial charge < -0.3 is 10.5 Å². The first-order valence-corrected chi connectivity index (χ1v) is 8.52. The van der Waals surface area contributed by atoms with E-state index in [0.717, 1.165) is 24.6 Å². The van der Waals surface area contributed by atoms with Crippen molar-refractivity contribution in [1.29, 1.82) is 0 Å². The van der Waals surface area contributed by atoms with Crippen LogP contribution < -0.4 is 5.73 Å². The van der Waals surface area contributed by atoms with E-state index in [9.17, 15) is 17.6 Å². The van der Waals surface area contributed by atoms with Crippen molar-refractivity contribution in [2.45, 2.75) is 30.7 Å². The van der Waals surface area contributed by atoms with Crippen molar-refractivity contribution in [1.82, 2.24) is 4.31 Å². The van der Waals surface area contributed by atoms with E-state index in [1.54, 1.807) is 6.92 Å². The van der Waals surface area contributed by atoms with Gasteiger partial charge in [0.25, 0.3) is 0 Å². The fourth-order valence-corrected chi connectivity index (χ4v) is 3.98. The molecule has 122 valence electrons. The fourth-order valence-electron chi connectivity index (χ4n) is 2.39. The molecule has 1 aromatic carbocycles. The van der Waals surface area contributed by atoms with Crippen molar-refractivity contribution in [3.63, 3.8) is 0 Å². The van der Waals surface area contributed by atoms with E-state index in [1.807, 2.05) is 0 Å². The number of hydrogen-bond donors (Lipinski definition) is 1. The van der Waals surface area contributed by atoms with E-state index in [1.165, 1.54) is 4.31 Å². The molecule has 1 unspecified atom stereocenters. The molecule has 0 aliphatic carbocycles. The van der Waals surface area contributed by atoms with Gasteiger partial charge in [0.15, 0.2) is 0 Å². The Morgan fingerprint density at radius 1 is 1.45 bits per heavy atom. The number of carbonyl (C=O) groups is 1. The Morgan fingerprint density at radius 3 is 2.82 bits per heavy atom. The number of nitrogens with two attached hydrogens (primary N) is 1. The molecule has 1 aromatic rings. The van der Waals surface area contributed by atoms with E-state index in [4.69, 9.17) is 10.5 Å². The van der Waals surface area contributed by atoms with Gasteiger partial charge in [-0.05, 0) is 38.0 Å². The summed E-state index contributed by atoms with van der Waals surface area (Å²) in [5, 5.41) is 0. The molecule has 0 amide bonds. The number of rotatable bonds is 4. The van der Waals surface area contributed by atoms with Crippen molar-refractivity contribution in [2.75, 3.05) is 19.7 Å². The summed E-state index contributed by atoms with van der Waals surface area (Å²) in [6, 6.07) is 2.76. The van der Waals surface area contributed by atoms with Gasteiger partial charge >= 0.3 is 5.97 Å². The lowest BCUT2D eigenvalue weighted by molar-refractivity contribution is 0.0525. The molecular weight excluding hydrogens is 311 g/mol. The molecule has 1 saturated heterocycles. The Bertz CT molecular complexity index is 663. The Balaban J connectivity index is 2.36. The van der Waals surface area contributed by atoms with Crippen LogP contribution in [-0.4, -0.2) is 44.4 Å². The second kappa shape index (κ2) is 6.72. The molecule has 2 N–H and O–H groups in total. The smallest absolute Gasteiger partial charge is 0.338 e. The number of carbonyl (C=O) groups excluding carboxylic acids is 1. The molecule has 6 nitrogen and oxygen atoms in total. The van der Waals surface area contributed by atoms with Gasteiger partial charge in [0, 0.05) is 19.1 Å². The minimum atomic E-state index is -3.88. The predicted molar refractivity (Wildman–Crippen MR) is 78.3 cm³/mol. The molecular formula is C14H19FN2O4S. The normalized spacial score (nSPS) is 19.9. The maximum atomic E-state index is 13.7. The number of halogens is 1. The minimum absolute atomic E-state index is 0.123. The lowest BCUT2D eigenvalue weighted by Gasteiger charge is -2.29. The highest BCUT2D eigenvalue weighted by Crippen LogP contribution is 2.22. The first-order chi connectivity index (χ1) is 10.3. The maximum Gasteiger partial charge on any atom is 0.338 e. The van der Waals surface area contributed by atoms with Crippen molar-refractivity contribution in [2.24, 2.45) is 5.73 Å². The lowest BCUT2D eigenvalue weighted by Crippen LogP contribution is -2.45. The van der Waals surface area contributed by atoms with Crippen LogP contribution in [0.3, 0.4) is 0 Å². The van der Waals surface area contributed by atoms with Crippen LogP contribution in [0.2, 0.25) is 0 Å². The molecule has 0 radical (unpaired) electrons. The number of ether oxygens (including phenoxy) is 1. The molecule has 1 heterocycles. The number of benzene rings is 1. The van der Waals surface area contributed by atoms with Crippen molar-refractivity contribution >= 4 is 16.0 Å². The summed E-state index contributed by atoms with van der Waals surface area (Å²) in [5.41, 5.74) is 5.67. The van der Waals surface area contributed by atoms with Crippen molar-refractivity contribution in [3.05, 3.63) is 29.6 Å². The molecule has 1 atom stereocenters. The zero-order chi connectivity index (χ0) is 16.3. The quantitative estimate of drug-likeness (QED) is 0.836. The molecule has 1 fully saturated rings. The van der Waals surface area contributed by atoms with E-state index in [-0.39, 0.29) is 29.7 Å². The molecule has 0 saturated carbocycles. The summed E-state index contributed by atoms with van der Waals surface area (Å²) in [5.74, 6) is -1.56. The van der Waals surface area contributed by atoms with Crippen LogP contribution in [0, 0.1) is 5.82 Å². The monoisotopic (exact) mass is 330 g/mol. The van der Waals surface area contributed by atoms with Crippen LogP contribution in [0.25, 0.3) is 0 Å². The van der Waals surface area contributed by atoms with Gasteiger partial charge in [-0.25, -0.2) is 17.6 Å². The van der Waals surface area contributed by atoms with Gasteiger partial charge in [0.2, 0.25) is 10.0 Å². The average Bonchev–Trinajstić information content (AvgIpc) is 2.47. The molecule has 22 heavy (non-hydrogen) atoms. The zero-order valence-electron chi connectivity index (χ0n) is 12.3. The third-order valence-electron chi connectivity index (χ3n) is 3.44. The summed E-state index contributed by atoms with van der Waals surface area (Å²) >= 11 is 0. The summed E-state index contributed by atoms with van der Waals surface area (Å²) in [4.78, 5) is 11.4. The van der Waals surface area contributed by atoms with Crippen LogP contribution in [0.4, 0.5) is 4.39 Å². The highest BCUT2D eigenvalue weighted by molar-refractivity contribution is 7.89. The second-order valence-electron chi connectivity index (χ2n) is 5.16. The first-order valence-electron chi connectivity index (χ1n) is 7.08. The van der Waals surface area contributed by atoms with Gasteiger partial charge in [-0.15, -0.1) is 0 Å². The minimum Gasteiger partial charge on any atom is -0.462 e. The topological polar surface area (TPSA) is 89.7 Å². The van der Waals surface area contributed by atoms with Gasteiger partial charge in [-0.1, -0.05) is 0 Å². The average molecular weight is 330 g/mol. The Kier molecular flexibility index (Phi) is 5.15. The summed E-state index contributed by atoms with van der Waals surface area (Å²) in [6.07, 6.45) is 1.41. The molecule has 1 aliphatic rings. The van der Waals surface area contributed by atoms with Gasteiger partial charge in [0.1, 0.15) is 5.82 Å². The highest BCUT2D eigenvalue weighted by Gasteiger charge is 2.30. The molecule has 0 aromatic heterocycles. The Hall–Kier alpha value is -1.51. The molecule has 2 rings (SSSR count). The predicted octanol–water partition coefficient (Wildman–Crippen LogP) is 1.11. The third kappa shape index (κ3) is 3.63. The van der Waals surface area contributed by atoms with Crippen LogP contribution in [0.5, 0.6) is 0 Å². The van der Waals surface area contributed by atoms with E-state index < -0.39 is 21.8 Å². The largest absolute Gasteiger partial charge is 0.462 e. The number of esters is 1. The van der Waals surface area contributed by atoms with Crippen molar-refractivity contribution < 1.29 is 22.3 Å². The summed E-state index contributed by atoms with van der Waals surface area (Å²) in [6.45, 7) is 2.26. The van der Waals surface area contributed by atoms with Gasteiger partial charge in [0.05, 0.1) is 17.1 Å². The zero-order valence-corrected chi connectivity index (χ0v) is 13.1. The van der Waals surface area contributed by atoms with Crippen LogP contribution >= 0.6 is 0 Å². The third-order valence-corrected chi connectivity index (χ3v) is 5.28. The van der Waals surface area contributed by atoms with E-state index >= 15 is 0 Å². The fraction of sp³-hybridized carbons (Fsp3) is 0.500. The second-order valence-corrected chi connectivity index (χ2v) is 7.10. The lowest BCUT2D eigenvalue weighted by atomic mass is 10.1. The van der Waals surface area contributed by atoms with Gasteiger partial charge in [-0.3, -0.25) is 0 Å². The first kappa shape index (κ1) is 16.9. The van der Waals surface area contributed by atoms with E-state index in [2.05, 4.69) is 0 Å². The Morgan fingerprint density at radius 2 is 2.18 bits per heavy atom. The highest BCUT2D eigenvalue weighted by atomic mass is 32.2. The van der Waals surface area contributed by atoms with Crippen LogP contribution in [-0.2, 0) is 14.8 Å². The van der Waals surface area contributed by atoms with Crippen LogP contribution in [0.15, 0.2) is 23.1 Å². The Labute approximate surface area is 129 Å². The molecule has 1 aliphatic heterocycles. The van der Waals surface area contributed by atoms with E-state index in [0.29, 0.717) is 13.0 Å². The van der Waals surface area contributed by atoms with Crippen molar-refractivity contribution in [3.8, 4) is 0 Å². The molecule has 0 spiro atoms. The molecule has 8 heteroatoms. The number of sulfonamides is 1.